The van der Waals surface area contributed by atoms with Crippen LogP contribution in [0.25, 0.3) is 0 Å². The lowest BCUT2D eigenvalue weighted by Crippen LogP contribution is -2.44. The van der Waals surface area contributed by atoms with Crippen LogP contribution in [0.2, 0.25) is 5.02 Å². The van der Waals surface area contributed by atoms with E-state index in [1.54, 1.807) is 0 Å². The van der Waals surface area contributed by atoms with Crippen molar-refractivity contribution in [2.24, 2.45) is 0 Å². The Morgan fingerprint density at radius 1 is 1.00 bits per heavy atom. The van der Waals surface area contributed by atoms with Gasteiger partial charge in [-0.3, -0.25) is 4.79 Å². The molecule has 1 aliphatic rings. The van der Waals surface area contributed by atoms with Crippen molar-refractivity contribution in [1.82, 2.24) is 4.72 Å². The van der Waals surface area contributed by atoms with Crippen molar-refractivity contribution in [2.45, 2.75) is 42.4 Å². The van der Waals surface area contributed by atoms with E-state index in [2.05, 4.69) is 10.0 Å². The summed E-state index contributed by atoms with van der Waals surface area (Å²) in [4.78, 5) is 11.7. The van der Waals surface area contributed by atoms with Gasteiger partial charge in [0.2, 0.25) is 10.0 Å². The number of aliphatic hydroxyl groups is 2. The van der Waals surface area contributed by atoms with Gasteiger partial charge < -0.3 is 15.5 Å². The largest absolute Gasteiger partial charge is 0.393 e. The van der Waals surface area contributed by atoms with E-state index >= 15 is 0 Å². The molecule has 0 saturated heterocycles. The van der Waals surface area contributed by atoms with Crippen molar-refractivity contribution in [3.05, 3.63) is 58.6 Å². The number of carbonyl (C=O) groups excluding carboxylic acids is 1. The molecule has 1 saturated carbocycles. The Bertz CT molecular complexity index is 1060. The molecule has 11 heteroatoms. The number of rotatable bonds is 5. The topological polar surface area (TPSA) is 116 Å². The Morgan fingerprint density at radius 2 is 1.63 bits per heavy atom. The molecule has 0 aliphatic heterocycles. The number of aliphatic hydroxyl groups excluding tert-OH is 2. The number of nitrogens with one attached hydrogen (secondary N) is 2. The molecule has 0 radical (unpaired) electrons. The number of sulfonamides is 1. The van der Waals surface area contributed by atoms with E-state index in [0.717, 1.165) is 24.3 Å². The first-order valence-corrected chi connectivity index (χ1v) is 10.9. The van der Waals surface area contributed by atoms with Crippen LogP contribution in [0, 0.1) is 11.6 Å². The minimum atomic E-state index is -4.38. The summed E-state index contributed by atoms with van der Waals surface area (Å²) in [6.45, 7) is 0. The fraction of sp³-hybridized carbons (Fsp3) is 0.316. The molecule has 30 heavy (non-hydrogen) atoms. The Hall–Kier alpha value is -2.11. The molecule has 2 aromatic rings. The highest BCUT2D eigenvalue weighted by atomic mass is 35.5. The molecule has 1 fully saturated rings. The SMILES string of the molecule is O=C(Nc1ccc(F)c(Cl)c1)c1ccc(F)c(S(=O)(=O)NC2CC(O)CC(O)C2)c1. The van der Waals surface area contributed by atoms with Crippen LogP contribution >= 0.6 is 11.6 Å². The van der Waals surface area contributed by atoms with Crippen molar-refractivity contribution in [3.63, 3.8) is 0 Å². The number of hydrogen-bond donors (Lipinski definition) is 4. The molecule has 0 spiro atoms. The Labute approximate surface area is 176 Å². The highest BCUT2D eigenvalue weighted by molar-refractivity contribution is 7.89. The van der Waals surface area contributed by atoms with Crippen LogP contribution in [-0.2, 0) is 10.0 Å². The summed E-state index contributed by atoms with van der Waals surface area (Å²) in [5.41, 5.74) is 0.0179. The summed E-state index contributed by atoms with van der Waals surface area (Å²) in [5.74, 6) is -2.49. The smallest absolute Gasteiger partial charge is 0.255 e. The monoisotopic (exact) mass is 460 g/mol. The number of benzene rings is 2. The lowest BCUT2D eigenvalue weighted by atomic mass is 9.91. The van der Waals surface area contributed by atoms with Gasteiger partial charge in [0, 0.05) is 17.3 Å². The maximum Gasteiger partial charge on any atom is 0.255 e. The fourth-order valence-corrected chi connectivity index (χ4v) is 4.81. The molecule has 3 rings (SSSR count). The van der Waals surface area contributed by atoms with Crippen LogP contribution < -0.4 is 10.0 Å². The Kier molecular flexibility index (Phi) is 6.73. The van der Waals surface area contributed by atoms with Gasteiger partial charge in [0.1, 0.15) is 16.5 Å². The van der Waals surface area contributed by atoms with Gasteiger partial charge in [-0.1, -0.05) is 11.6 Å². The molecule has 2 atom stereocenters. The summed E-state index contributed by atoms with van der Waals surface area (Å²) >= 11 is 5.66. The maximum atomic E-state index is 14.3. The van der Waals surface area contributed by atoms with Gasteiger partial charge in [-0.25, -0.2) is 21.9 Å². The summed E-state index contributed by atoms with van der Waals surface area (Å²) in [7, 11) is -4.38. The van der Waals surface area contributed by atoms with Crippen LogP contribution in [0.15, 0.2) is 41.3 Å². The van der Waals surface area contributed by atoms with Crippen molar-refractivity contribution < 1.29 is 32.2 Å². The van der Waals surface area contributed by atoms with Gasteiger partial charge in [-0.2, -0.15) is 0 Å². The molecule has 2 aromatic carbocycles. The first-order chi connectivity index (χ1) is 14.0. The van der Waals surface area contributed by atoms with Gasteiger partial charge >= 0.3 is 0 Å². The van der Waals surface area contributed by atoms with Crippen LogP contribution in [0.5, 0.6) is 0 Å². The predicted octanol–water partition coefficient (Wildman–Crippen LogP) is 2.42. The molecule has 2 unspecified atom stereocenters. The maximum absolute atomic E-state index is 14.3. The first-order valence-electron chi connectivity index (χ1n) is 8.99. The highest BCUT2D eigenvalue weighted by Crippen LogP contribution is 2.24. The van der Waals surface area contributed by atoms with Gasteiger partial charge in [0.15, 0.2) is 0 Å². The Morgan fingerprint density at radius 3 is 2.27 bits per heavy atom. The highest BCUT2D eigenvalue weighted by Gasteiger charge is 2.31. The fourth-order valence-electron chi connectivity index (χ4n) is 3.27. The average Bonchev–Trinajstić information content (AvgIpc) is 2.63. The van der Waals surface area contributed by atoms with Gasteiger partial charge in [-0.15, -0.1) is 0 Å². The van der Waals surface area contributed by atoms with Gasteiger partial charge in [0.25, 0.3) is 5.91 Å². The normalized spacial score (nSPS) is 22.0. The zero-order chi connectivity index (χ0) is 22.1. The van der Waals surface area contributed by atoms with Crippen molar-refractivity contribution >= 4 is 33.2 Å². The lowest BCUT2D eigenvalue weighted by molar-refractivity contribution is 0.0292. The lowest BCUT2D eigenvalue weighted by Gasteiger charge is -2.30. The third-order valence-electron chi connectivity index (χ3n) is 4.64. The van der Waals surface area contributed by atoms with E-state index in [1.807, 2.05) is 0 Å². The second kappa shape index (κ2) is 8.94. The zero-order valence-corrected chi connectivity index (χ0v) is 17.1. The minimum absolute atomic E-state index is 0.0728. The Balaban J connectivity index is 1.81. The molecule has 1 amide bonds. The zero-order valence-electron chi connectivity index (χ0n) is 15.5. The minimum Gasteiger partial charge on any atom is -0.393 e. The van der Waals surface area contributed by atoms with E-state index in [4.69, 9.17) is 11.6 Å². The molecule has 0 aromatic heterocycles. The molecule has 4 N–H and O–H groups in total. The van der Waals surface area contributed by atoms with Crippen molar-refractivity contribution in [2.75, 3.05) is 5.32 Å². The quantitative estimate of drug-likeness (QED) is 0.547. The second-order valence-electron chi connectivity index (χ2n) is 7.06. The number of halogens is 3. The van der Waals surface area contributed by atoms with E-state index in [0.29, 0.717) is 0 Å². The first kappa shape index (κ1) is 22.6. The molecule has 7 nitrogen and oxygen atoms in total. The number of anilines is 1. The second-order valence-corrected chi connectivity index (χ2v) is 9.15. The van der Waals surface area contributed by atoms with Crippen LogP contribution in [-0.4, -0.2) is 42.8 Å². The van der Waals surface area contributed by atoms with E-state index < -0.39 is 50.7 Å². The standard InChI is InChI=1S/C19H19ClF2N2O5S/c20-15-8-11(2-4-16(15)21)23-19(27)10-1-3-17(22)18(5-10)30(28,29)24-12-6-13(25)9-14(26)7-12/h1-5,8,12-14,24-26H,6-7,9H2,(H,23,27). The summed E-state index contributed by atoms with van der Waals surface area (Å²) in [6.07, 6.45) is -1.49. The number of carbonyl (C=O) groups is 1. The van der Waals surface area contributed by atoms with Crippen molar-refractivity contribution in [1.29, 1.82) is 0 Å². The van der Waals surface area contributed by atoms with Gasteiger partial charge in [-0.05, 0) is 55.7 Å². The summed E-state index contributed by atoms with van der Waals surface area (Å²) in [5, 5.41) is 21.6. The summed E-state index contributed by atoms with van der Waals surface area (Å²) < 4.78 is 55.0. The number of amides is 1. The van der Waals surface area contributed by atoms with E-state index in [9.17, 15) is 32.2 Å². The molecular formula is C19H19ClF2N2O5S. The molecule has 0 heterocycles. The molecule has 1 aliphatic carbocycles. The third kappa shape index (κ3) is 5.32. The van der Waals surface area contributed by atoms with Crippen LogP contribution in [0.3, 0.4) is 0 Å². The molecule has 0 bridgehead atoms. The molecule has 162 valence electrons. The summed E-state index contributed by atoms with van der Waals surface area (Å²) in [6, 6.07) is 5.52. The predicted molar refractivity (Wildman–Crippen MR) is 106 cm³/mol. The average molecular weight is 461 g/mol. The third-order valence-corrected chi connectivity index (χ3v) is 6.46. The van der Waals surface area contributed by atoms with Crippen molar-refractivity contribution in [3.8, 4) is 0 Å². The van der Waals surface area contributed by atoms with Gasteiger partial charge in [0.05, 0.1) is 17.2 Å². The van der Waals surface area contributed by atoms with E-state index in [-0.39, 0.29) is 35.5 Å². The molecular weight excluding hydrogens is 442 g/mol. The van der Waals surface area contributed by atoms with Crippen LogP contribution in [0.4, 0.5) is 14.5 Å². The number of hydrogen-bond acceptors (Lipinski definition) is 5. The van der Waals surface area contributed by atoms with Crippen LogP contribution in [0.1, 0.15) is 29.6 Å². The van der Waals surface area contributed by atoms with E-state index in [1.165, 1.54) is 12.1 Å².